The molecule has 392 valence electrons. The summed E-state index contributed by atoms with van der Waals surface area (Å²) < 4.78 is 17.3. The van der Waals surface area contributed by atoms with Crippen LogP contribution >= 0.6 is 0 Å². The molecule has 0 N–H and O–H groups in total. The Morgan fingerprint density at radius 2 is 0.768 bits per heavy atom. The monoisotopic (exact) mass is 960 g/mol. The van der Waals surface area contributed by atoms with E-state index >= 15 is 0 Å². The molecule has 0 rings (SSSR count). The van der Waals surface area contributed by atoms with Gasteiger partial charge in [-0.15, -0.1) is 0 Å². The van der Waals surface area contributed by atoms with Crippen molar-refractivity contribution in [2.24, 2.45) is 0 Å². The van der Waals surface area contributed by atoms with Crippen molar-refractivity contribution >= 4 is 17.9 Å². The molecule has 0 spiro atoms. The average molecular weight is 960 g/mol. The number of carboxylic acid groups (broad SMARTS) is 1. The lowest BCUT2D eigenvalue weighted by molar-refractivity contribution is -0.889. The molecule has 0 aliphatic rings. The quantitative estimate of drug-likeness (QED) is 0.0259. The zero-order chi connectivity index (χ0) is 50.6. The predicted octanol–water partition coefficient (Wildman–Crippen LogP) is 15.0. The van der Waals surface area contributed by atoms with Gasteiger partial charge >= 0.3 is 11.9 Å². The summed E-state index contributed by atoms with van der Waals surface area (Å²) >= 11 is 0. The average Bonchev–Trinajstić information content (AvgIpc) is 3.31. The zero-order valence-corrected chi connectivity index (χ0v) is 44.7. The lowest BCUT2D eigenvalue weighted by Gasteiger charge is -2.34. The van der Waals surface area contributed by atoms with Crippen molar-refractivity contribution < 1.29 is 38.2 Å². The standard InChI is InChI=1S/C61H101NO7/c1-6-8-10-12-14-16-18-20-22-24-26-28-30-32-33-35-37-39-41-43-45-47-49-51-59(63)68-56-57(55-67-54-53-58(61(65)66)62(3,4)5)69-60(64)52-50-48-46-44-42-40-38-36-34-31-29-27-25-23-21-19-17-15-13-11-9-7-2/h8-11,14-17,20-23,26-29,32-33,57-58H,6-7,12-13,18-19,24-25,30-31,34-56H2,1-5H3/b10-8+,11-9+,16-14+,17-15+,22-20+,23-21+,28-26+,29-27+,33-32+. The Morgan fingerprint density at radius 1 is 0.435 bits per heavy atom. The van der Waals surface area contributed by atoms with E-state index < -0.39 is 18.1 Å². The van der Waals surface area contributed by atoms with Gasteiger partial charge in [-0.1, -0.05) is 200 Å². The fourth-order valence-corrected chi connectivity index (χ4v) is 7.50. The molecule has 0 aromatic carbocycles. The lowest BCUT2D eigenvalue weighted by Crippen LogP contribution is -2.55. The third-order valence-electron chi connectivity index (χ3n) is 11.7. The molecular formula is C61H101NO7. The number of carboxylic acids is 1. The molecule has 0 aromatic heterocycles. The Kier molecular flexibility index (Phi) is 47.5. The molecule has 0 fully saturated rings. The molecule has 0 aliphatic carbocycles. The third-order valence-corrected chi connectivity index (χ3v) is 11.7. The number of rotatable bonds is 48. The lowest BCUT2D eigenvalue weighted by atomic mass is 10.1. The van der Waals surface area contributed by atoms with E-state index in [4.69, 9.17) is 14.2 Å². The van der Waals surface area contributed by atoms with Crippen LogP contribution in [0.2, 0.25) is 0 Å². The Morgan fingerprint density at radius 3 is 1.13 bits per heavy atom. The van der Waals surface area contributed by atoms with Crippen LogP contribution in [-0.4, -0.2) is 75.5 Å². The van der Waals surface area contributed by atoms with E-state index in [0.717, 1.165) is 116 Å². The molecule has 0 radical (unpaired) electrons. The first-order valence-corrected chi connectivity index (χ1v) is 27.4. The van der Waals surface area contributed by atoms with Gasteiger partial charge in [0.15, 0.2) is 6.10 Å². The summed E-state index contributed by atoms with van der Waals surface area (Å²) in [4.78, 5) is 37.1. The van der Waals surface area contributed by atoms with Gasteiger partial charge < -0.3 is 28.6 Å². The van der Waals surface area contributed by atoms with Crippen molar-refractivity contribution in [2.45, 2.75) is 219 Å². The van der Waals surface area contributed by atoms with E-state index in [2.05, 4.69) is 123 Å². The first kappa shape index (κ1) is 65.0. The van der Waals surface area contributed by atoms with Gasteiger partial charge in [0.25, 0.3) is 0 Å². The molecule has 69 heavy (non-hydrogen) atoms. The minimum absolute atomic E-state index is 0.0282. The second-order valence-corrected chi connectivity index (χ2v) is 19.1. The summed E-state index contributed by atoms with van der Waals surface area (Å²) in [5.41, 5.74) is 0. The molecule has 8 nitrogen and oxygen atoms in total. The maximum Gasteiger partial charge on any atom is 0.306 e. The summed E-state index contributed by atoms with van der Waals surface area (Å²) in [5, 5.41) is 11.7. The summed E-state index contributed by atoms with van der Waals surface area (Å²) in [7, 11) is 5.41. The molecule has 0 amide bonds. The van der Waals surface area contributed by atoms with E-state index in [1.807, 2.05) is 0 Å². The first-order valence-electron chi connectivity index (χ1n) is 27.4. The number of likely N-dealkylation sites (N-methyl/N-ethyl adjacent to an activating group) is 1. The van der Waals surface area contributed by atoms with Crippen molar-refractivity contribution in [3.05, 3.63) is 109 Å². The van der Waals surface area contributed by atoms with Gasteiger partial charge in [0.2, 0.25) is 0 Å². The Bertz CT molecular complexity index is 1490. The highest BCUT2D eigenvalue weighted by molar-refractivity contribution is 5.70. The summed E-state index contributed by atoms with van der Waals surface area (Å²) in [5.74, 6) is -1.76. The van der Waals surface area contributed by atoms with Gasteiger partial charge in [0.1, 0.15) is 12.6 Å². The van der Waals surface area contributed by atoms with Crippen LogP contribution in [0.3, 0.4) is 0 Å². The number of carbonyl (C=O) groups is 3. The van der Waals surface area contributed by atoms with Crippen LogP contribution in [-0.2, 0) is 28.6 Å². The highest BCUT2D eigenvalue weighted by atomic mass is 16.6. The van der Waals surface area contributed by atoms with Crippen LogP contribution in [0.15, 0.2) is 109 Å². The van der Waals surface area contributed by atoms with Crippen LogP contribution in [0.4, 0.5) is 0 Å². The van der Waals surface area contributed by atoms with Crippen molar-refractivity contribution in [1.29, 1.82) is 0 Å². The highest BCUT2D eigenvalue weighted by Gasteiger charge is 2.25. The molecule has 2 unspecified atom stereocenters. The minimum atomic E-state index is -1.13. The fraction of sp³-hybridized carbons (Fsp3) is 0.656. The van der Waals surface area contributed by atoms with Gasteiger partial charge in [0.05, 0.1) is 40.3 Å². The number of allylic oxidation sites excluding steroid dienone is 18. The van der Waals surface area contributed by atoms with E-state index in [1.165, 1.54) is 57.8 Å². The normalized spacial score (nSPS) is 13.7. The zero-order valence-electron chi connectivity index (χ0n) is 44.7. The van der Waals surface area contributed by atoms with Crippen molar-refractivity contribution in [3.63, 3.8) is 0 Å². The molecular weight excluding hydrogens is 859 g/mol. The predicted molar refractivity (Wildman–Crippen MR) is 291 cm³/mol. The Balaban J connectivity index is 4.26. The topological polar surface area (TPSA) is 102 Å². The Hall–Kier alpha value is -4.01. The molecule has 0 aromatic rings. The van der Waals surface area contributed by atoms with Gasteiger partial charge in [0, 0.05) is 19.3 Å². The third kappa shape index (κ3) is 48.8. The van der Waals surface area contributed by atoms with Gasteiger partial charge in [-0.25, -0.2) is 0 Å². The maximum absolute atomic E-state index is 12.8. The molecule has 0 bridgehead atoms. The van der Waals surface area contributed by atoms with Crippen LogP contribution < -0.4 is 5.11 Å². The number of ether oxygens (including phenoxy) is 3. The number of hydrogen-bond donors (Lipinski definition) is 0. The number of nitrogens with zero attached hydrogens (tertiary/aromatic N) is 1. The van der Waals surface area contributed by atoms with Gasteiger partial charge in [-0.3, -0.25) is 9.59 Å². The summed E-state index contributed by atoms with van der Waals surface area (Å²) in [6.45, 7) is 4.42. The maximum atomic E-state index is 12.8. The van der Waals surface area contributed by atoms with Crippen molar-refractivity contribution in [2.75, 3.05) is 41.0 Å². The molecule has 2 atom stereocenters. The molecule has 0 saturated heterocycles. The van der Waals surface area contributed by atoms with Crippen LogP contribution in [0.25, 0.3) is 0 Å². The highest BCUT2D eigenvalue weighted by Crippen LogP contribution is 2.15. The van der Waals surface area contributed by atoms with E-state index in [0.29, 0.717) is 12.8 Å². The SMILES string of the molecule is CC/C=C/C/C=C/C/C=C/C/C=C/C/C=C/CCCCCCCCCC(=O)OCC(COCCC(C(=O)[O-])[N+](C)(C)C)OC(=O)CCCCCCCCCCC/C=C/C/C=C/C/C=C/C/C=C/CC. The summed E-state index contributed by atoms with van der Waals surface area (Å²) in [6.07, 6.45) is 69.7. The largest absolute Gasteiger partial charge is 0.544 e. The minimum Gasteiger partial charge on any atom is -0.544 e. The second kappa shape index (κ2) is 50.4. The molecule has 8 heteroatoms. The Labute approximate surface area is 423 Å². The first-order chi connectivity index (χ1) is 33.6. The molecule has 0 heterocycles. The number of aliphatic carboxylic acids is 1. The van der Waals surface area contributed by atoms with Crippen LogP contribution in [0, 0.1) is 0 Å². The number of quaternary nitrogens is 1. The number of carbonyl (C=O) groups excluding carboxylic acids is 3. The van der Waals surface area contributed by atoms with Crippen LogP contribution in [0.1, 0.15) is 206 Å². The van der Waals surface area contributed by atoms with Crippen molar-refractivity contribution in [1.82, 2.24) is 0 Å². The number of hydrogen-bond acceptors (Lipinski definition) is 7. The second-order valence-electron chi connectivity index (χ2n) is 19.1. The molecule has 0 aliphatic heterocycles. The van der Waals surface area contributed by atoms with Crippen LogP contribution in [0.5, 0.6) is 0 Å². The van der Waals surface area contributed by atoms with Crippen molar-refractivity contribution in [3.8, 4) is 0 Å². The van der Waals surface area contributed by atoms with E-state index in [9.17, 15) is 19.5 Å². The number of esters is 2. The summed E-state index contributed by atoms with van der Waals surface area (Å²) in [6, 6.07) is -0.736. The van der Waals surface area contributed by atoms with E-state index in [-0.39, 0.29) is 42.7 Å². The van der Waals surface area contributed by atoms with Gasteiger partial charge in [-0.05, 0) is 96.3 Å². The number of unbranched alkanes of at least 4 members (excludes halogenated alkanes) is 16. The smallest absolute Gasteiger partial charge is 0.306 e. The molecule has 0 saturated carbocycles. The van der Waals surface area contributed by atoms with Gasteiger partial charge in [-0.2, -0.15) is 0 Å². The fourth-order valence-electron chi connectivity index (χ4n) is 7.50. The van der Waals surface area contributed by atoms with E-state index in [1.54, 1.807) is 21.1 Å².